The van der Waals surface area contributed by atoms with E-state index >= 15 is 0 Å². The summed E-state index contributed by atoms with van der Waals surface area (Å²) in [5.74, 6) is 0.489. The number of hydrogen-bond donors (Lipinski definition) is 2. The molecule has 0 saturated heterocycles. The number of nitrogens with zero attached hydrogens (tertiary/aromatic N) is 2. The second-order valence-electron chi connectivity index (χ2n) is 6.16. The molecule has 0 fully saturated rings. The Morgan fingerprint density at radius 3 is 2.79 bits per heavy atom. The summed E-state index contributed by atoms with van der Waals surface area (Å²) in [6.45, 7) is 8.00. The molecular formula is C18H25IN4S. The lowest BCUT2D eigenvalue weighted by molar-refractivity contribution is 0.264. The van der Waals surface area contributed by atoms with Gasteiger partial charge in [0.1, 0.15) is 0 Å². The molecule has 0 atom stereocenters. The van der Waals surface area contributed by atoms with Crippen LogP contribution in [0.1, 0.15) is 21.6 Å². The Balaban J connectivity index is 0.00000208. The Hall–Kier alpha value is -1.12. The first-order chi connectivity index (χ1) is 11.1. The van der Waals surface area contributed by atoms with Crippen molar-refractivity contribution in [3.63, 3.8) is 0 Å². The number of rotatable bonds is 4. The molecule has 1 aliphatic heterocycles. The van der Waals surface area contributed by atoms with Gasteiger partial charge in [-0.05, 0) is 60.5 Å². The second kappa shape index (κ2) is 8.82. The topological polar surface area (TPSA) is 53.6 Å². The maximum Gasteiger partial charge on any atom is 0.193 e. The average molecular weight is 456 g/mol. The van der Waals surface area contributed by atoms with Crippen LogP contribution >= 0.6 is 35.3 Å². The van der Waals surface area contributed by atoms with Gasteiger partial charge in [-0.2, -0.15) is 0 Å². The summed E-state index contributed by atoms with van der Waals surface area (Å²) in [5.41, 5.74) is 10.9. The number of aliphatic imine (C=N–C) groups is 1. The smallest absolute Gasteiger partial charge is 0.193 e. The molecule has 2 heterocycles. The molecule has 1 aromatic carbocycles. The molecule has 0 radical (unpaired) electrons. The average Bonchev–Trinajstić information content (AvgIpc) is 2.93. The van der Waals surface area contributed by atoms with Crippen LogP contribution in [0.5, 0.6) is 0 Å². The van der Waals surface area contributed by atoms with E-state index in [2.05, 4.69) is 58.7 Å². The molecule has 0 aliphatic carbocycles. The van der Waals surface area contributed by atoms with Crippen LogP contribution in [0.15, 0.2) is 34.6 Å². The van der Waals surface area contributed by atoms with Crippen LogP contribution in [0.2, 0.25) is 0 Å². The summed E-state index contributed by atoms with van der Waals surface area (Å²) in [4.78, 5) is 8.45. The molecular weight excluding hydrogens is 431 g/mol. The van der Waals surface area contributed by atoms with Gasteiger partial charge in [0.15, 0.2) is 5.96 Å². The van der Waals surface area contributed by atoms with Gasteiger partial charge in [0, 0.05) is 30.2 Å². The van der Waals surface area contributed by atoms with Crippen molar-refractivity contribution >= 4 is 47.0 Å². The van der Waals surface area contributed by atoms with E-state index in [9.17, 15) is 0 Å². The van der Waals surface area contributed by atoms with Gasteiger partial charge in [-0.1, -0.05) is 6.07 Å². The fourth-order valence-electron chi connectivity index (χ4n) is 3.04. The van der Waals surface area contributed by atoms with Crippen molar-refractivity contribution in [1.82, 2.24) is 4.90 Å². The third kappa shape index (κ3) is 5.19. The summed E-state index contributed by atoms with van der Waals surface area (Å²) in [5, 5.41) is 5.38. The normalized spacial score (nSPS) is 14.8. The van der Waals surface area contributed by atoms with Gasteiger partial charge >= 0.3 is 0 Å². The standard InChI is InChI=1S/C18H24N4S.HI/c1-13-9-14(2)11-16(10-13)21-18(19)20-5-7-22-6-3-17-15(12-22)4-8-23-17;/h4,8-11H,3,5-7,12H2,1-2H3,(H3,19,20,21);1H. The lowest BCUT2D eigenvalue weighted by Gasteiger charge is -2.26. The molecule has 3 N–H and O–H groups in total. The number of nitrogens with one attached hydrogen (secondary N) is 1. The predicted octanol–water partition coefficient (Wildman–Crippen LogP) is 3.77. The molecule has 2 aromatic rings. The van der Waals surface area contributed by atoms with E-state index in [1.54, 1.807) is 4.88 Å². The zero-order valence-electron chi connectivity index (χ0n) is 14.2. The molecule has 1 aromatic heterocycles. The quantitative estimate of drug-likeness (QED) is 0.419. The first-order valence-corrected chi connectivity index (χ1v) is 8.91. The number of benzene rings is 1. The number of anilines is 1. The van der Waals surface area contributed by atoms with E-state index < -0.39 is 0 Å². The molecule has 0 saturated carbocycles. The SMILES string of the molecule is Cc1cc(C)cc(NC(N)=NCCN2CCc3sccc3C2)c1.I. The van der Waals surface area contributed by atoms with Gasteiger partial charge in [0.2, 0.25) is 0 Å². The molecule has 6 heteroatoms. The van der Waals surface area contributed by atoms with Crippen LogP contribution in [0, 0.1) is 13.8 Å². The lowest BCUT2D eigenvalue weighted by atomic mass is 10.1. The highest BCUT2D eigenvalue weighted by atomic mass is 127. The maximum atomic E-state index is 6.00. The van der Waals surface area contributed by atoms with Crippen LogP contribution in [0.3, 0.4) is 0 Å². The van der Waals surface area contributed by atoms with E-state index in [-0.39, 0.29) is 24.0 Å². The Kier molecular flexibility index (Phi) is 7.06. The van der Waals surface area contributed by atoms with E-state index in [1.165, 1.54) is 16.7 Å². The molecule has 0 unspecified atom stereocenters. The summed E-state index contributed by atoms with van der Waals surface area (Å²) in [6.07, 6.45) is 1.16. The number of halogens is 1. The van der Waals surface area contributed by atoms with E-state index in [0.717, 1.165) is 38.3 Å². The number of guanidine groups is 1. The monoisotopic (exact) mass is 456 g/mol. The van der Waals surface area contributed by atoms with E-state index in [4.69, 9.17) is 5.73 Å². The van der Waals surface area contributed by atoms with Gasteiger partial charge in [-0.15, -0.1) is 35.3 Å². The third-order valence-electron chi connectivity index (χ3n) is 4.08. The molecule has 3 rings (SSSR count). The van der Waals surface area contributed by atoms with Crippen molar-refractivity contribution < 1.29 is 0 Å². The zero-order chi connectivity index (χ0) is 16.2. The van der Waals surface area contributed by atoms with Gasteiger partial charge < -0.3 is 11.1 Å². The number of aryl methyl sites for hydroxylation is 2. The summed E-state index contributed by atoms with van der Waals surface area (Å²) >= 11 is 1.88. The number of nitrogens with two attached hydrogens (primary N) is 1. The van der Waals surface area contributed by atoms with Crippen molar-refractivity contribution in [3.05, 3.63) is 51.2 Å². The minimum atomic E-state index is 0. The van der Waals surface area contributed by atoms with E-state index in [1.807, 2.05) is 11.3 Å². The highest BCUT2D eigenvalue weighted by Gasteiger charge is 2.16. The van der Waals surface area contributed by atoms with Gasteiger partial charge in [0.05, 0.1) is 6.54 Å². The number of hydrogen-bond acceptors (Lipinski definition) is 3. The van der Waals surface area contributed by atoms with Crippen LogP contribution in [0.25, 0.3) is 0 Å². The fraction of sp³-hybridized carbons (Fsp3) is 0.389. The zero-order valence-corrected chi connectivity index (χ0v) is 17.4. The van der Waals surface area contributed by atoms with Gasteiger partial charge in [-0.3, -0.25) is 9.89 Å². The third-order valence-corrected chi connectivity index (χ3v) is 5.10. The van der Waals surface area contributed by atoms with Crippen molar-refractivity contribution in [2.45, 2.75) is 26.8 Å². The molecule has 0 spiro atoms. The molecule has 130 valence electrons. The van der Waals surface area contributed by atoms with Crippen LogP contribution < -0.4 is 11.1 Å². The van der Waals surface area contributed by atoms with Crippen LogP contribution in [-0.2, 0) is 13.0 Å². The Morgan fingerprint density at radius 1 is 1.29 bits per heavy atom. The fourth-order valence-corrected chi connectivity index (χ4v) is 3.93. The first kappa shape index (κ1) is 19.2. The van der Waals surface area contributed by atoms with Gasteiger partial charge in [-0.25, -0.2) is 0 Å². The molecule has 4 nitrogen and oxygen atoms in total. The lowest BCUT2D eigenvalue weighted by Crippen LogP contribution is -2.32. The van der Waals surface area contributed by atoms with E-state index in [0.29, 0.717) is 5.96 Å². The minimum Gasteiger partial charge on any atom is -0.370 e. The summed E-state index contributed by atoms with van der Waals surface area (Å²) in [6, 6.07) is 8.55. The highest BCUT2D eigenvalue weighted by Crippen LogP contribution is 2.23. The Bertz CT molecular complexity index is 691. The molecule has 24 heavy (non-hydrogen) atoms. The molecule has 0 bridgehead atoms. The largest absolute Gasteiger partial charge is 0.370 e. The van der Waals surface area contributed by atoms with Gasteiger partial charge in [0.25, 0.3) is 0 Å². The van der Waals surface area contributed by atoms with Crippen LogP contribution in [-0.4, -0.2) is 30.5 Å². The minimum absolute atomic E-state index is 0. The van der Waals surface area contributed by atoms with Crippen LogP contribution in [0.4, 0.5) is 5.69 Å². The Morgan fingerprint density at radius 2 is 2.04 bits per heavy atom. The predicted molar refractivity (Wildman–Crippen MR) is 115 cm³/mol. The summed E-state index contributed by atoms with van der Waals surface area (Å²) < 4.78 is 0. The first-order valence-electron chi connectivity index (χ1n) is 8.03. The van der Waals surface area contributed by atoms with Crippen molar-refractivity contribution in [3.8, 4) is 0 Å². The highest BCUT2D eigenvalue weighted by molar-refractivity contribution is 14.0. The second-order valence-corrected chi connectivity index (χ2v) is 7.16. The number of thiophene rings is 1. The van der Waals surface area contributed by atoms with Crippen molar-refractivity contribution in [1.29, 1.82) is 0 Å². The molecule has 1 aliphatic rings. The van der Waals surface area contributed by atoms with Crippen molar-refractivity contribution in [2.75, 3.05) is 25.0 Å². The van der Waals surface area contributed by atoms with Crippen molar-refractivity contribution in [2.24, 2.45) is 10.7 Å². The number of fused-ring (bicyclic) bond motifs is 1. The maximum absolute atomic E-state index is 6.00. The Labute approximate surface area is 165 Å². The summed E-state index contributed by atoms with van der Waals surface area (Å²) in [7, 11) is 0. The molecule has 0 amide bonds.